The third-order valence-corrected chi connectivity index (χ3v) is 4.15. The van der Waals surface area contributed by atoms with Crippen LogP contribution in [0.25, 0.3) is 11.0 Å². The fourth-order valence-electron chi connectivity index (χ4n) is 2.70. The van der Waals surface area contributed by atoms with Crippen molar-refractivity contribution >= 4 is 16.8 Å². The summed E-state index contributed by atoms with van der Waals surface area (Å²) in [5.74, 6) is -0.106. The van der Waals surface area contributed by atoms with Crippen LogP contribution < -0.4 is 10.4 Å². The number of benzene rings is 2. The quantitative estimate of drug-likeness (QED) is 0.490. The molecule has 0 aliphatic carbocycles. The van der Waals surface area contributed by atoms with Crippen molar-refractivity contribution in [2.75, 3.05) is 6.61 Å². The fourth-order valence-corrected chi connectivity index (χ4v) is 2.70. The Bertz CT molecular complexity index is 1060. The lowest BCUT2D eigenvalue weighted by Crippen LogP contribution is -2.13. The van der Waals surface area contributed by atoms with Crippen LogP contribution in [0.3, 0.4) is 0 Å². The zero-order valence-electron chi connectivity index (χ0n) is 14.5. The number of ether oxygens (including phenoxy) is 1. The van der Waals surface area contributed by atoms with E-state index in [1.54, 1.807) is 24.3 Å². The lowest BCUT2D eigenvalue weighted by Gasteiger charge is -2.13. The van der Waals surface area contributed by atoms with Crippen molar-refractivity contribution in [2.24, 2.45) is 0 Å². The van der Waals surface area contributed by atoms with Gasteiger partial charge in [-0.25, -0.2) is 4.79 Å². The highest BCUT2D eigenvalue weighted by atomic mass is 19.4. The van der Waals surface area contributed by atoms with Crippen molar-refractivity contribution in [2.45, 2.75) is 20.0 Å². The predicted octanol–water partition coefficient (Wildman–Crippen LogP) is 4.69. The second-order valence-electron chi connectivity index (χ2n) is 6.12. The molecule has 0 saturated carbocycles. The number of halogens is 3. The summed E-state index contributed by atoms with van der Waals surface area (Å²) in [6, 6.07) is 9.84. The first-order chi connectivity index (χ1) is 12.7. The summed E-state index contributed by atoms with van der Waals surface area (Å²) in [6.07, 6.45) is -4.69. The zero-order valence-corrected chi connectivity index (χ0v) is 14.5. The zero-order chi connectivity index (χ0) is 19.8. The lowest BCUT2D eigenvalue weighted by molar-refractivity contribution is -0.136. The van der Waals surface area contributed by atoms with Crippen LogP contribution in [0.2, 0.25) is 0 Å². The highest BCUT2D eigenvalue weighted by Crippen LogP contribution is 2.36. The highest BCUT2D eigenvalue weighted by molar-refractivity contribution is 5.97. The molecular formula is C20H15F3O4. The van der Waals surface area contributed by atoms with Crippen LogP contribution in [-0.2, 0) is 6.18 Å². The minimum atomic E-state index is -4.69. The maximum absolute atomic E-state index is 13.1. The van der Waals surface area contributed by atoms with Gasteiger partial charge in [0.2, 0.25) is 0 Å². The Morgan fingerprint density at radius 1 is 1.07 bits per heavy atom. The van der Waals surface area contributed by atoms with Crippen molar-refractivity contribution < 1.29 is 27.1 Å². The minimum absolute atomic E-state index is 0.172. The molecule has 27 heavy (non-hydrogen) atoms. The summed E-state index contributed by atoms with van der Waals surface area (Å²) in [5, 5.41) is -0.239. The average molecular weight is 376 g/mol. The molecule has 0 atom stereocenters. The molecule has 0 bridgehead atoms. The molecule has 0 saturated heterocycles. The van der Waals surface area contributed by atoms with Crippen molar-refractivity contribution in [1.29, 1.82) is 0 Å². The maximum atomic E-state index is 13.1. The summed E-state index contributed by atoms with van der Waals surface area (Å²) >= 11 is 0. The van der Waals surface area contributed by atoms with E-state index >= 15 is 0 Å². The van der Waals surface area contributed by atoms with Crippen LogP contribution in [-0.4, -0.2) is 12.4 Å². The number of Topliss-reactive ketones (excluding diaryl/α,β-unsaturated/α-hetero) is 1. The van der Waals surface area contributed by atoms with Gasteiger partial charge < -0.3 is 9.15 Å². The van der Waals surface area contributed by atoms with Crippen molar-refractivity contribution in [1.82, 2.24) is 0 Å². The Kier molecular flexibility index (Phi) is 4.78. The van der Waals surface area contributed by atoms with E-state index in [-0.39, 0.29) is 34.7 Å². The highest BCUT2D eigenvalue weighted by Gasteiger charge is 2.34. The Balaban J connectivity index is 1.92. The van der Waals surface area contributed by atoms with E-state index in [0.717, 1.165) is 5.56 Å². The number of fused-ring (bicyclic) bond motifs is 1. The van der Waals surface area contributed by atoms with Gasteiger partial charge in [-0.3, -0.25) is 4.79 Å². The van der Waals surface area contributed by atoms with E-state index in [4.69, 9.17) is 9.15 Å². The Morgan fingerprint density at radius 3 is 2.37 bits per heavy atom. The summed E-state index contributed by atoms with van der Waals surface area (Å²) < 4.78 is 49.8. The van der Waals surface area contributed by atoms with E-state index in [2.05, 4.69) is 0 Å². The van der Waals surface area contributed by atoms with Gasteiger partial charge in [-0.05, 0) is 26.0 Å². The van der Waals surface area contributed by atoms with Gasteiger partial charge >= 0.3 is 11.8 Å². The summed E-state index contributed by atoms with van der Waals surface area (Å²) in [7, 11) is 0. The number of rotatable bonds is 4. The van der Waals surface area contributed by atoms with Crippen LogP contribution in [0.4, 0.5) is 13.2 Å². The molecule has 2 aromatic carbocycles. The topological polar surface area (TPSA) is 56.5 Å². The molecular weight excluding hydrogens is 361 g/mol. The molecule has 4 nitrogen and oxygen atoms in total. The lowest BCUT2D eigenvalue weighted by atomic mass is 10.1. The van der Waals surface area contributed by atoms with Gasteiger partial charge in [0.1, 0.15) is 11.3 Å². The van der Waals surface area contributed by atoms with Gasteiger partial charge in [-0.1, -0.05) is 29.8 Å². The fraction of sp³-hybridized carbons (Fsp3) is 0.200. The maximum Gasteiger partial charge on any atom is 0.417 e. The summed E-state index contributed by atoms with van der Waals surface area (Å²) in [6.45, 7) is 3.07. The second kappa shape index (κ2) is 6.90. The van der Waals surface area contributed by atoms with Crippen molar-refractivity contribution in [3.8, 4) is 5.75 Å². The average Bonchev–Trinajstić information content (AvgIpc) is 2.60. The molecule has 0 spiro atoms. The Labute approximate surface area is 152 Å². The molecule has 0 fully saturated rings. The summed E-state index contributed by atoms with van der Waals surface area (Å²) in [4.78, 5) is 23.7. The van der Waals surface area contributed by atoms with Gasteiger partial charge in [0.25, 0.3) is 0 Å². The first kappa shape index (κ1) is 18.7. The standard InChI is InChI=1S/C20H15F3O4/c1-11-3-5-13(6-4-11)16(24)10-26-17-8-7-14-15(20(21,22)23)9-18(25)27-19(14)12(17)2/h3-9H,10H2,1-2H3. The van der Waals surface area contributed by atoms with E-state index < -0.39 is 17.4 Å². The SMILES string of the molecule is Cc1ccc(C(=O)COc2ccc3c(C(F)(F)F)cc(=O)oc3c2C)cc1. The van der Waals surface area contributed by atoms with Gasteiger partial charge in [-0.2, -0.15) is 13.2 Å². The molecule has 3 aromatic rings. The number of carbonyl (C=O) groups excluding carboxylic acids is 1. The molecule has 0 aliphatic rings. The molecule has 0 unspecified atom stereocenters. The number of ketones is 1. The van der Waals surface area contributed by atoms with Crippen LogP contribution in [0.15, 0.2) is 51.7 Å². The molecule has 0 aliphatic heterocycles. The second-order valence-corrected chi connectivity index (χ2v) is 6.12. The number of aryl methyl sites for hydroxylation is 2. The van der Waals surface area contributed by atoms with Crippen LogP contribution in [0.5, 0.6) is 5.75 Å². The molecule has 1 aromatic heterocycles. The Hall–Kier alpha value is -3.09. The first-order valence-corrected chi connectivity index (χ1v) is 8.04. The van der Waals surface area contributed by atoms with Crippen molar-refractivity contribution in [3.05, 3.63) is 75.1 Å². The smallest absolute Gasteiger partial charge is 0.417 e. The molecule has 0 N–H and O–H groups in total. The van der Waals surface area contributed by atoms with E-state index in [1.807, 2.05) is 6.92 Å². The van der Waals surface area contributed by atoms with E-state index in [9.17, 15) is 22.8 Å². The largest absolute Gasteiger partial charge is 0.485 e. The number of alkyl halides is 3. The van der Waals surface area contributed by atoms with Crippen LogP contribution in [0.1, 0.15) is 27.0 Å². The number of carbonyl (C=O) groups is 1. The summed E-state index contributed by atoms with van der Waals surface area (Å²) in [5.41, 5.74) is -0.703. The molecule has 140 valence electrons. The third kappa shape index (κ3) is 3.86. The molecule has 0 radical (unpaired) electrons. The minimum Gasteiger partial charge on any atom is -0.485 e. The number of hydrogen-bond donors (Lipinski definition) is 0. The normalized spacial score (nSPS) is 11.6. The van der Waals surface area contributed by atoms with Gasteiger partial charge in [0.05, 0.1) is 5.56 Å². The predicted molar refractivity (Wildman–Crippen MR) is 93.2 cm³/mol. The molecule has 0 amide bonds. The molecule has 7 heteroatoms. The van der Waals surface area contributed by atoms with Crippen molar-refractivity contribution in [3.63, 3.8) is 0 Å². The third-order valence-electron chi connectivity index (χ3n) is 4.15. The van der Waals surface area contributed by atoms with Crippen LogP contribution in [0, 0.1) is 13.8 Å². The molecule has 3 rings (SSSR count). The van der Waals surface area contributed by atoms with E-state index in [1.165, 1.54) is 19.1 Å². The first-order valence-electron chi connectivity index (χ1n) is 8.04. The number of hydrogen-bond acceptors (Lipinski definition) is 4. The monoisotopic (exact) mass is 376 g/mol. The van der Waals surface area contributed by atoms with Gasteiger partial charge in [0.15, 0.2) is 12.4 Å². The van der Waals surface area contributed by atoms with Gasteiger partial charge in [0, 0.05) is 22.6 Å². The molecule has 1 heterocycles. The van der Waals surface area contributed by atoms with Crippen LogP contribution >= 0.6 is 0 Å². The Morgan fingerprint density at radius 2 is 1.74 bits per heavy atom. The van der Waals surface area contributed by atoms with Gasteiger partial charge in [-0.15, -0.1) is 0 Å². The van der Waals surface area contributed by atoms with E-state index in [0.29, 0.717) is 11.6 Å².